The van der Waals surface area contributed by atoms with E-state index in [0.717, 1.165) is 24.5 Å². The van der Waals surface area contributed by atoms with Crippen LogP contribution in [0.15, 0.2) is 47.6 Å². The van der Waals surface area contributed by atoms with Gasteiger partial charge in [-0.1, -0.05) is 11.6 Å². The summed E-state index contributed by atoms with van der Waals surface area (Å²) in [7, 11) is -3.18. The molecule has 0 saturated carbocycles. The first-order chi connectivity index (χ1) is 15.3. The number of benzene rings is 1. The molecule has 3 aromatic rings. The van der Waals surface area contributed by atoms with Gasteiger partial charge in [0.2, 0.25) is 5.95 Å². The number of ether oxygens (including phenoxy) is 1. The van der Waals surface area contributed by atoms with Crippen LogP contribution in [-0.2, 0) is 15.9 Å². The minimum atomic E-state index is -4.84. The van der Waals surface area contributed by atoms with Crippen molar-refractivity contribution in [3.63, 3.8) is 0 Å². The molecule has 1 amide bonds. The lowest BCUT2D eigenvalue weighted by Crippen LogP contribution is -2.15. The molecule has 0 radical (unpaired) electrons. The van der Waals surface area contributed by atoms with E-state index in [1.54, 1.807) is 0 Å². The van der Waals surface area contributed by atoms with Crippen molar-refractivity contribution in [2.45, 2.75) is 18.1 Å². The monoisotopic (exact) mass is 502 g/mol. The fourth-order valence-corrected chi connectivity index (χ4v) is 3.56. The maximum atomic E-state index is 13.4. The molecule has 7 nitrogen and oxygen atoms in total. The second-order valence-electron chi connectivity index (χ2n) is 6.83. The number of nitrogens with one attached hydrogen (secondary N) is 2. The highest BCUT2D eigenvalue weighted by atomic mass is 35.5. The molecule has 174 valence electrons. The van der Waals surface area contributed by atoms with Gasteiger partial charge in [-0.25, -0.2) is 19.0 Å². The number of aryl methyl sites for hydroxylation is 1. The SMILES string of the molecule is Cc1nc(F)ccc1Oc1cc(C(F)(F)F)c(Cl)cc1C(=O)Nc1ccnc(S(C)(=N)=O)c1. The Kier molecular flexibility index (Phi) is 6.61. The van der Waals surface area contributed by atoms with Gasteiger partial charge in [0.25, 0.3) is 5.91 Å². The number of carbonyl (C=O) groups is 1. The average molecular weight is 503 g/mol. The van der Waals surface area contributed by atoms with E-state index in [9.17, 15) is 26.6 Å². The first kappa shape index (κ1) is 24.4. The molecule has 0 bridgehead atoms. The molecular weight excluding hydrogens is 488 g/mol. The molecule has 1 aromatic carbocycles. The molecule has 0 aliphatic heterocycles. The molecule has 33 heavy (non-hydrogen) atoms. The van der Waals surface area contributed by atoms with Crippen LogP contribution in [0.3, 0.4) is 0 Å². The lowest BCUT2D eigenvalue weighted by molar-refractivity contribution is -0.137. The Morgan fingerprint density at radius 3 is 2.48 bits per heavy atom. The van der Waals surface area contributed by atoms with E-state index in [2.05, 4.69) is 15.3 Å². The number of alkyl halides is 3. The van der Waals surface area contributed by atoms with Crippen molar-refractivity contribution in [2.24, 2.45) is 0 Å². The van der Waals surface area contributed by atoms with Crippen LogP contribution in [0.4, 0.5) is 23.2 Å². The number of amides is 1. The molecule has 13 heteroatoms. The Hall–Kier alpha value is -3.25. The summed E-state index contributed by atoms with van der Waals surface area (Å²) in [5.41, 5.74) is -1.47. The van der Waals surface area contributed by atoms with Gasteiger partial charge in [0.15, 0.2) is 0 Å². The van der Waals surface area contributed by atoms with Crippen molar-refractivity contribution in [3.05, 3.63) is 70.4 Å². The number of pyridine rings is 2. The smallest absolute Gasteiger partial charge is 0.417 e. The Labute approximate surface area is 190 Å². The molecule has 2 aromatic heterocycles. The molecule has 0 aliphatic carbocycles. The van der Waals surface area contributed by atoms with Gasteiger partial charge in [-0.15, -0.1) is 0 Å². The van der Waals surface area contributed by atoms with Crippen LogP contribution in [0, 0.1) is 17.7 Å². The van der Waals surface area contributed by atoms with E-state index >= 15 is 0 Å². The van der Waals surface area contributed by atoms with Crippen molar-refractivity contribution < 1.29 is 31.3 Å². The lowest BCUT2D eigenvalue weighted by atomic mass is 10.1. The fraction of sp³-hybridized carbons (Fsp3) is 0.150. The number of rotatable bonds is 5. The summed E-state index contributed by atoms with van der Waals surface area (Å²) in [6.07, 6.45) is -2.48. The summed E-state index contributed by atoms with van der Waals surface area (Å²) in [6, 6.07) is 5.99. The van der Waals surface area contributed by atoms with Gasteiger partial charge in [-0.05, 0) is 43.3 Å². The molecule has 0 spiro atoms. The van der Waals surface area contributed by atoms with Crippen LogP contribution in [0.2, 0.25) is 5.02 Å². The van der Waals surface area contributed by atoms with E-state index in [1.807, 2.05) is 0 Å². The molecule has 0 aliphatic rings. The zero-order valence-electron chi connectivity index (χ0n) is 17.0. The number of hydrogen-bond acceptors (Lipinski definition) is 6. The Morgan fingerprint density at radius 2 is 1.88 bits per heavy atom. The number of nitrogens with zero attached hydrogens (tertiary/aromatic N) is 2. The Balaban J connectivity index is 2.06. The standard InChI is InChI=1S/C20H15ClF4N4O3S/c1-10-15(3-4-17(22)28-10)32-16-9-13(20(23,24)25)14(21)8-12(16)19(30)29-11-5-6-27-18(7-11)33(2,26)31/h3-9,26H,1-2H3,(H,27,29,30). The Morgan fingerprint density at radius 1 is 1.18 bits per heavy atom. The quantitative estimate of drug-likeness (QED) is 0.345. The molecule has 0 saturated heterocycles. The van der Waals surface area contributed by atoms with Gasteiger partial charge in [0.1, 0.15) is 16.5 Å². The van der Waals surface area contributed by atoms with Crippen LogP contribution in [0.25, 0.3) is 0 Å². The summed E-state index contributed by atoms with van der Waals surface area (Å²) in [4.78, 5) is 20.2. The normalized spacial score (nSPS) is 13.3. The predicted molar refractivity (Wildman–Crippen MR) is 113 cm³/mol. The van der Waals surface area contributed by atoms with Gasteiger partial charge in [0.05, 0.1) is 31.6 Å². The van der Waals surface area contributed by atoms with Crippen LogP contribution in [0.5, 0.6) is 11.5 Å². The molecule has 1 unspecified atom stereocenters. The first-order valence-corrected chi connectivity index (χ1v) is 11.3. The van der Waals surface area contributed by atoms with E-state index in [-0.39, 0.29) is 27.7 Å². The molecule has 2 heterocycles. The minimum absolute atomic E-state index is 0.0387. The number of halogens is 5. The zero-order chi connectivity index (χ0) is 24.6. The van der Waals surface area contributed by atoms with E-state index < -0.39 is 44.1 Å². The van der Waals surface area contributed by atoms with Gasteiger partial charge in [0, 0.05) is 18.1 Å². The van der Waals surface area contributed by atoms with Crippen molar-refractivity contribution in [2.75, 3.05) is 11.6 Å². The largest absolute Gasteiger partial charge is 0.455 e. The third-order valence-corrected chi connectivity index (χ3v) is 5.57. The van der Waals surface area contributed by atoms with Crippen molar-refractivity contribution in [1.82, 2.24) is 9.97 Å². The third-order valence-electron chi connectivity index (χ3n) is 4.23. The summed E-state index contributed by atoms with van der Waals surface area (Å²) in [5.74, 6) is -2.31. The fourth-order valence-electron chi connectivity index (χ4n) is 2.68. The topological polar surface area (TPSA) is 105 Å². The highest BCUT2D eigenvalue weighted by Gasteiger charge is 2.35. The van der Waals surface area contributed by atoms with Gasteiger partial charge in [-0.2, -0.15) is 17.6 Å². The molecular formula is C20H15ClF4N4O3S. The first-order valence-electron chi connectivity index (χ1n) is 8.98. The van der Waals surface area contributed by atoms with Crippen LogP contribution < -0.4 is 10.1 Å². The van der Waals surface area contributed by atoms with Crippen LogP contribution >= 0.6 is 11.6 Å². The summed E-state index contributed by atoms with van der Waals surface area (Å²) in [6.45, 7) is 1.38. The van der Waals surface area contributed by atoms with Crippen molar-refractivity contribution in [3.8, 4) is 11.5 Å². The summed E-state index contributed by atoms with van der Waals surface area (Å²) in [5, 5.41) is 1.58. The second-order valence-corrected chi connectivity index (χ2v) is 9.34. The maximum absolute atomic E-state index is 13.4. The zero-order valence-corrected chi connectivity index (χ0v) is 18.5. The molecule has 1 atom stereocenters. The molecule has 2 N–H and O–H groups in total. The second kappa shape index (κ2) is 8.94. The minimum Gasteiger partial charge on any atom is -0.455 e. The predicted octanol–water partition coefficient (Wildman–Crippen LogP) is 5.68. The van der Waals surface area contributed by atoms with Crippen LogP contribution in [-0.4, -0.2) is 26.3 Å². The molecule has 3 rings (SSSR count). The van der Waals surface area contributed by atoms with E-state index in [4.69, 9.17) is 21.1 Å². The number of carbonyl (C=O) groups excluding carboxylic acids is 1. The Bertz CT molecular complexity index is 1350. The van der Waals surface area contributed by atoms with Gasteiger partial charge in [-0.3, -0.25) is 4.79 Å². The van der Waals surface area contributed by atoms with Crippen LogP contribution in [0.1, 0.15) is 21.6 Å². The number of anilines is 1. The van der Waals surface area contributed by atoms with E-state index in [0.29, 0.717) is 6.07 Å². The number of hydrogen-bond donors (Lipinski definition) is 2. The third kappa shape index (κ3) is 5.76. The highest BCUT2D eigenvalue weighted by Crippen LogP contribution is 2.40. The lowest BCUT2D eigenvalue weighted by Gasteiger charge is -2.17. The van der Waals surface area contributed by atoms with Crippen molar-refractivity contribution in [1.29, 1.82) is 4.78 Å². The van der Waals surface area contributed by atoms with E-state index in [1.165, 1.54) is 25.3 Å². The highest BCUT2D eigenvalue weighted by molar-refractivity contribution is 7.91. The maximum Gasteiger partial charge on any atom is 0.417 e. The molecule has 0 fully saturated rings. The van der Waals surface area contributed by atoms with Gasteiger partial charge < -0.3 is 10.1 Å². The average Bonchev–Trinajstić information content (AvgIpc) is 2.69. The summed E-state index contributed by atoms with van der Waals surface area (Å²) < 4.78 is 78.4. The number of aromatic nitrogens is 2. The van der Waals surface area contributed by atoms with Crippen molar-refractivity contribution >= 4 is 32.9 Å². The summed E-state index contributed by atoms with van der Waals surface area (Å²) >= 11 is 5.78. The van der Waals surface area contributed by atoms with Gasteiger partial charge >= 0.3 is 6.18 Å².